The van der Waals surface area contributed by atoms with E-state index in [-0.39, 0.29) is 17.9 Å². The second-order valence-corrected chi connectivity index (χ2v) is 9.07. The molecule has 3 aliphatic rings. The van der Waals surface area contributed by atoms with Crippen LogP contribution in [0.1, 0.15) is 49.7 Å². The van der Waals surface area contributed by atoms with E-state index < -0.39 is 18.2 Å². The number of fused-ring (bicyclic) bond motifs is 1. The smallest absolute Gasteiger partial charge is 0.475 e. The lowest BCUT2D eigenvalue weighted by Gasteiger charge is -2.22. The van der Waals surface area contributed by atoms with Gasteiger partial charge in [-0.15, -0.1) is 0 Å². The zero-order valence-electron chi connectivity index (χ0n) is 18.8. The van der Waals surface area contributed by atoms with Gasteiger partial charge in [-0.3, -0.25) is 9.59 Å². The van der Waals surface area contributed by atoms with Crippen molar-refractivity contribution in [3.05, 3.63) is 47.5 Å². The van der Waals surface area contributed by atoms with E-state index in [4.69, 9.17) is 15.6 Å². The molecule has 2 amide bonds. The van der Waals surface area contributed by atoms with E-state index in [0.29, 0.717) is 24.9 Å². The number of carbonyl (C=O) groups excluding carboxylic acids is 2. The number of carboxylic acids is 1. The Hall–Kier alpha value is -2.88. The number of nitrogens with one attached hydrogen (secondary N) is 1. The van der Waals surface area contributed by atoms with E-state index in [1.807, 2.05) is 23.1 Å². The molecule has 2 fully saturated rings. The minimum atomic E-state index is -5.08. The number of hydrogen-bond acceptors (Lipinski definition) is 4. The maximum absolute atomic E-state index is 12.6. The normalized spacial score (nSPS) is 19.8. The fourth-order valence-corrected chi connectivity index (χ4v) is 4.35. The van der Waals surface area contributed by atoms with E-state index in [9.17, 15) is 22.8 Å². The number of rotatable bonds is 6. The number of benzene rings is 1. The highest BCUT2D eigenvalue weighted by atomic mass is 19.4. The van der Waals surface area contributed by atoms with Gasteiger partial charge in [-0.2, -0.15) is 13.2 Å². The van der Waals surface area contributed by atoms with Gasteiger partial charge in [0.05, 0.1) is 12.1 Å². The van der Waals surface area contributed by atoms with E-state index in [1.165, 1.54) is 24.0 Å². The topological polar surface area (TPSA) is 113 Å². The molecule has 1 aliphatic heterocycles. The third-order valence-corrected chi connectivity index (χ3v) is 6.49. The summed E-state index contributed by atoms with van der Waals surface area (Å²) in [5.41, 5.74) is 8.62. The van der Waals surface area contributed by atoms with E-state index in [1.54, 1.807) is 6.08 Å². The fraction of sp³-hybridized carbons (Fsp3) is 0.542. The van der Waals surface area contributed by atoms with Gasteiger partial charge in [0.1, 0.15) is 0 Å². The monoisotopic (exact) mass is 481 g/mol. The Bertz CT molecular complexity index is 899. The van der Waals surface area contributed by atoms with Crippen LogP contribution in [0.15, 0.2) is 36.4 Å². The fourth-order valence-electron chi connectivity index (χ4n) is 4.35. The van der Waals surface area contributed by atoms with Gasteiger partial charge in [-0.25, -0.2) is 4.79 Å². The predicted octanol–water partition coefficient (Wildman–Crippen LogP) is 3.13. The predicted molar refractivity (Wildman–Crippen MR) is 118 cm³/mol. The number of alkyl halides is 3. The molecular weight excluding hydrogens is 451 g/mol. The Labute approximate surface area is 196 Å². The molecule has 4 rings (SSSR count). The first-order valence-corrected chi connectivity index (χ1v) is 11.5. The SMILES string of the molecule is N[C@H](C(=O)N[C@H](/C=C/C(=O)N1Cc2ccccc2C1)C1CC1)C1CCCC1.O=C(O)C(F)(F)F. The zero-order valence-corrected chi connectivity index (χ0v) is 18.8. The molecule has 0 aromatic heterocycles. The Morgan fingerprint density at radius 2 is 1.56 bits per heavy atom. The molecule has 1 heterocycles. The van der Waals surface area contributed by atoms with Crippen molar-refractivity contribution in [3.63, 3.8) is 0 Å². The number of hydrogen-bond donors (Lipinski definition) is 3. The van der Waals surface area contributed by atoms with Crippen molar-refractivity contribution in [2.75, 3.05) is 0 Å². The average Bonchev–Trinajstić information content (AvgIpc) is 3.31. The van der Waals surface area contributed by atoms with Crippen molar-refractivity contribution in [3.8, 4) is 0 Å². The van der Waals surface area contributed by atoms with Gasteiger partial charge < -0.3 is 21.1 Å². The summed E-state index contributed by atoms with van der Waals surface area (Å²) in [6, 6.07) is 7.65. The van der Waals surface area contributed by atoms with Crippen LogP contribution in [0.5, 0.6) is 0 Å². The van der Waals surface area contributed by atoms with Gasteiger partial charge >= 0.3 is 12.1 Å². The Kier molecular flexibility index (Phi) is 8.35. The van der Waals surface area contributed by atoms with Crippen LogP contribution in [0, 0.1) is 11.8 Å². The quantitative estimate of drug-likeness (QED) is 0.541. The molecule has 0 radical (unpaired) electrons. The van der Waals surface area contributed by atoms with Crippen LogP contribution in [0.2, 0.25) is 0 Å². The van der Waals surface area contributed by atoms with Gasteiger partial charge in [0.25, 0.3) is 0 Å². The van der Waals surface area contributed by atoms with Crippen LogP contribution < -0.4 is 11.1 Å². The van der Waals surface area contributed by atoms with E-state index in [0.717, 1.165) is 25.7 Å². The summed E-state index contributed by atoms with van der Waals surface area (Å²) in [5.74, 6) is -2.08. The van der Waals surface area contributed by atoms with Gasteiger partial charge in [0.2, 0.25) is 11.8 Å². The summed E-state index contributed by atoms with van der Waals surface area (Å²) in [7, 11) is 0. The molecule has 1 aromatic rings. The summed E-state index contributed by atoms with van der Waals surface area (Å²) in [6.45, 7) is 1.32. The summed E-state index contributed by atoms with van der Waals surface area (Å²) in [4.78, 5) is 35.9. The van der Waals surface area contributed by atoms with Crippen LogP contribution in [-0.4, -0.2) is 46.1 Å². The van der Waals surface area contributed by atoms with Crippen molar-refractivity contribution in [2.24, 2.45) is 17.6 Å². The van der Waals surface area contributed by atoms with Crippen LogP contribution in [0.4, 0.5) is 13.2 Å². The lowest BCUT2D eigenvalue weighted by Crippen LogP contribution is -2.48. The number of nitrogens with zero attached hydrogens (tertiary/aromatic N) is 1. The number of aliphatic carboxylic acids is 1. The standard InChI is InChI=1S/C22H29N3O2.C2HF3O2/c23-21(16-5-1-2-6-16)22(27)24-19(15-9-10-15)11-12-20(26)25-13-17-7-3-4-8-18(17)14-25;3-2(4,5)1(6)7/h3-4,7-8,11-12,15-16,19,21H,1-2,5-6,9-10,13-14,23H2,(H,24,27);(H,6,7)/b12-11+;/t19-,21+;/m1./s1. The molecule has 10 heteroatoms. The van der Waals surface area contributed by atoms with Crippen molar-refractivity contribution in [1.29, 1.82) is 0 Å². The molecule has 2 atom stereocenters. The number of nitrogens with two attached hydrogens (primary N) is 1. The van der Waals surface area contributed by atoms with Crippen LogP contribution in [-0.2, 0) is 27.5 Å². The first-order chi connectivity index (χ1) is 16.1. The lowest BCUT2D eigenvalue weighted by atomic mass is 9.97. The molecule has 0 bridgehead atoms. The second kappa shape index (κ2) is 11.0. The lowest BCUT2D eigenvalue weighted by molar-refractivity contribution is -0.192. The molecule has 7 nitrogen and oxygen atoms in total. The van der Waals surface area contributed by atoms with Crippen molar-refractivity contribution in [1.82, 2.24) is 10.2 Å². The van der Waals surface area contributed by atoms with Gasteiger partial charge in [-0.1, -0.05) is 43.2 Å². The molecular formula is C24H30F3N3O4. The molecule has 2 aliphatic carbocycles. The molecule has 2 saturated carbocycles. The van der Waals surface area contributed by atoms with Crippen LogP contribution >= 0.6 is 0 Å². The molecule has 186 valence electrons. The third kappa shape index (κ3) is 7.06. The third-order valence-electron chi connectivity index (χ3n) is 6.49. The van der Waals surface area contributed by atoms with Crippen molar-refractivity contribution in [2.45, 2.75) is 69.9 Å². The molecule has 0 spiro atoms. The summed E-state index contributed by atoms with van der Waals surface area (Å²) >= 11 is 0. The Morgan fingerprint density at radius 3 is 2.03 bits per heavy atom. The average molecular weight is 482 g/mol. The minimum Gasteiger partial charge on any atom is -0.475 e. The maximum Gasteiger partial charge on any atom is 0.490 e. The highest BCUT2D eigenvalue weighted by Gasteiger charge is 2.38. The number of carboxylic acid groups (broad SMARTS) is 1. The minimum absolute atomic E-state index is 0.00573. The largest absolute Gasteiger partial charge is 0.490 e. The maximum atomic E-state index is 12.6. The zero-order chi connectivity index (χ0) is 24.9. The van der Waals surface area contributed by atoms with Gasteiger partial charge in [-0.05, 0) is 48.6 Å². The number of carbonyl (C=O) groups is 3. The molecule has 0 unspecified atom stereocenters. The molecule has 4 N–H and O–H groups in total. The highest BCUT2D eigenvalue weighted by molar-refractivity contribution is 5.88. The molecule has 34 heavy (non-hydrogen) atoms. The van der Waals surface area contributed by atoms with Crippen LogP contribution in [0.25, 0.3) is 0 Å². The first-order valence-electron chi connectivity index (χ1n) is 11.5. The summed E-state index contributed by atoms with van der Waals surface area (Å²) in [5, 5.41) is 10.2. The van der Waals surface area contributed by atoms with Crippen LogP contribution in [0.3, 0.4) is 0 Å². The Morgan fingerprint density at radius 1 is 1.03 bits per heavy atom. The number of amides is 2. The van der Waals surface area contributed by atoms with E-state index >= 15 is 0 Å². The van der Waals surface area contributed by atoms with Gasteiger partial charge in [0, 0.05) is 19.2 Å². The Balaban J connectivity index is 0.000000406. The molecule has 1 aromatic carbocycles. The first kappa shape index (κ1) is 25.7. The highest BCUT2D eigenvalue weighted by Crippen LogP contribution is 2.34. The second-order valence-electron chi connectivity index (χ2n) is 9.07. The summed E-state index contributed by atoms with van der Waals surface area (Å²) in [6.07, 6.45) is 5.06. The number of halogens is 3. The van der Waals surface area contributed by atoms with Crippen molar-refractivity contribution >= 4 is 17.8 Å². The summed E-state index contributed by atoms with van der Waals surface area (Å²) < 4.78 is 31.7. The molecule has 0 saturated heterocycles. The van der Waals surface area contributed by atoms with E-state index in [2.05, 4.69) is 17.4 Å². The van der Waals surface area contributed by atoms with Gasteiger partial charge in [0.15, 0.2) is 0 Å². The van der Waals surface area contributed by atoms with Crippen molar-refractivity contribution < 1.29 is 32.7 Å².